The van der Waals surface area contributed by atoms with Crippen LogP contribution in [0.1, 0.15) is 75.4 Å². The van der Waals surface area contributed by atoms with Gasteiger partial charge in [0.15, 0.2) is 0 Å². The maximum Gasteiger partial charge on any atom is 0.430 e. The Morgan fingerprint density at radius 3 is 2.54 bits per heavy atom. The van der Waals surface area contributed by atoms with Gasteiger partial charge in [-0.1, -0.05) is 0 Å². The van der Waals surface area contributed by atoms with E-state index in [-0.39, 0.29) is 29.1 Å². The number of pyridine rings is 1. The molecule has 200 valence electrons. The van der Waals surface area contributed by atoms with E-state index in [1.807, 2.05) is 25.5 Å². The highest BCUT2D eigenvalue weighted by Crippen LogP contribution is 2.47. The first-order valence-corrected chi connectivity index (χ1v) is 12.5. The number of likely N-dealkylation sites (tertiary alicyclic amines) is 1. The molecule has 2 aliphatic heterocycles. The third-order valence-corrected chi connectivity index (χ3v) is 6.92. The second-order valence-electron chi connectivity index (χ2n) is 10.7. The molecular formula is C25H30F3N5O4. The van der Waals surface area contributed by atoms with Gasteiger partial charge in [0.05, 0.1) is 17.3 Å². The summed E-state index contributed by atoms with van der Waals surface area (Å²) in [4.78, 5) is 30.0. The molecule has 0 saturated carbocycles. The summed E-state index contributed by atoms with van der Waals surface area (Å²) in [6, 6.07) is 1.51. The lowest BCUT2D eigenvalue weighted by Crippen LogP contribution is -2.42. The number of cyclic esters (lactones) is 1. The molecule has 1 saturated heterocycles. The van der Waals surface area contributed by atoms with Gasteiger partial charge in [-0.25, -0.2) is 14.6 Å². The predicted octanol–water partition coefficient (Wildman–Crippen LogP) is 5.56. The molecule has 0 unspecified atom stereocenters. The molecule has 9 nitrogen and oxygen atoms in total. The minimum atomic E-state index is -4.80. The largest absolute Gasteiger partial charge is 0.444 e. The van der Waals surface area contributed by atoms with Crippen LogP contribution >= 0.6 is 0 Å². The minimum absolute atomic E-state index is 0.00585. The molecular weight excluding hydrogens is 491 g/mol. The maximum atomic E-state index is 13.9. The summed E-state index contributed by atoms with van der Waals surface area (Å²) in [5.41, 5.74) is 1.86. The number of ether oxygens (including phenoxy) is 2. The summed E-state index contributed by atoms with van der Waals surface area (Å²) in [5, 5.41) is 7.17. The monoisotopic (exact) mass is 521 g/mol. The van der Waals surface area contributed by atoms with Crippen LogP contribution in [0.2, 0.25) is 0 Å². The Bertz CT molecular complexity index is 1210. The van der Waals surface area contributed by atoms with Crippen LogP contribution in [0.25, 0.3) is 11.3 Å². The van der Waals surface area contributed by atoms with Gasteiger partial charge >= 0.3 is 18.4 Å². The molecule has 1 N–H and O–H groups in total. The van der Waals surface area contributed by atoms with Gasteiger partial charge in [-0.15, -0.1) is 0 Å². The van der Waals surface area contributed by atoms with Crippen LogP contribution in [0.5, 0.6) is 0 Å². The molecule has 1 atom stereocenters. The molecule has 0 bridgehead atoms. The number of nitrogens with one attached hydrogen (secondary N) is 1. The first kappa shape index (κ1) is 25.3. The van der Waals surface area contributed by atoms with E-state index in [9.17, 15) is 22.8 Å². The molecule has 2 aromatic heterocycles. The highest BCUT2D eigenvalue weighted by molar-refractivity contribution is 5.89. The number of nitrogens with zero attached hydrogens (tertiary/aromatic N) is 4. The molecule has 1 aliphatic carbocycles. The van der Waals surface area contributed by atoms with Gasteiger partial charge in [0.25, 0.3) is 0 Å². The topological polar surface area (TPSA) is 98.6 Å². The lowest BCUT2D eigenvalue weighted by atomic mass is 9.90. The smallest absolute Gasteiger partial charge is 0.430 e. The number of fused-ring (bicyclic) bond motifs is 2. The number of carbonyl (C=O) groups excluding carboxylic acids is 2. The van der Waals surface area contributed by atoms with Crippen molar-refractivity contribution >= 4 is 18.0 Å². The van der Waals surface area contributed by atoms with Crippen molar-refractivity contribution in [3.63, 3.8) is 0 Å². The SMILES string of the molecule is CC(C)(C)OC(=O)N1CCC(n2nc(-c3ccnc4c3[C@H](C(F)(F)F)OC(=O)N4)c3c2CCCC3)CC1. The Morgan fingerprint density at radius 2 is 1.86 bits per heavy atom. The van der Waals surface area contributed by atoms with Gasteiger partial charge in [-0.2, -0.15) is 18.3 Å². The summed E-state index contributed by atoms with van der Waals surface area (Å²) in [5.74, 6) is -0.166. The van der Waals surface area contributed by atoms with Crippen molar-refractivity contribution in [2.75, 3.05) is 18.4 Å². The van der Waals surface area contributed by atoms with Gasteiger partial charge in [0, 0.05) is 36.1 Å². The van der Waals surface area contributed by atoms with E-state index in [2.05, 4.69) is 15.0 Å². The number of hydrogen-bond donors (Lipinski definition) is 1. The first-order valence-electron chi connectivity index (χ1n) is 12.5. The molecule has 0 spiro atoms. The summed E-state index contributed by atoms with van der Waals surface area (Å²) < 4.78 is 53.9. The first-order chi connectivity index (χ1) is 17.4. The van der Waals surface area contributed by atoms with Gasteiger partial charge < -0.3 is 14.4 Å². The number of amides is 2. The predicted molar refractivity (Wildman–Crippen MR) is 127 cm³/mol. The molecule has 12 heteroatoms. The minimum Gasteiger partial charge on any atom is -0.444 e. The second-order valence-corrected chi connectivity index (χ2v) is 10.7. The molecule has 2 aromatic rings. The van der Waals surface area contributed by atoms with Gasteiger partial charge in [-0.05, 0) is 65.4 Å². The van der Waals surface area contributed by atoms with E-state index in [4.69, 9.17) is 9.84 Å². The Labute approximate surface area is 212 Å². The van der Waals surface area contributed by atoms with E-state index < -0.39 is 24.0 Å². The number of rotatable bonds is 2. The average molecular weight is 522 g/mol. The van der Waals surface area contributed by atoms with Gasteiger partial charge in [0.1, 0.15) is 11.4 Å². The van der Waals surface area contributed by atoms with Crippen LogP contribution in [0.3, 0.4) is 0 Å². The zero-order valence-corrected chi connectivity index (χ0v) is 21.0. The fourth-order valence-corrected chi connectivity index (χ4v) is 5.33. The van der Waals surface area contributed by atoms with Crippen molar-refractivity contribution in [3.05, 3.63) is 29.1 Å². The molecule has 4 heterocycles. The second kappa shape index (κ2) is 9.21. The number of halogens is 3. The van der Waals surface area contributed by atoms with Gasteiger partial charge in [-0.3, -0.25) is 10.00 Å². The zero-order chi connectivity index (χ0) is 26.5. The van der Waals surface area contributed by atoms with Crippen LogP contribution in [0.15, 0.2) is 12.3 Å². The lowest BCUT2D eigenvalue weighted by Gasteiger charge is -2.34. The molecule has 0 radical (unpaired) electrons. The third-order valence-electron chi connectivity index (χ3n) is 6.92. The zero-order valence-electron chi connectivity index (χ0n) is 21.0. The summed E-state index contributed by atoms with van der Waals surface area (Å²) in [7, 11) is 0. The van der Waals surface area contributed by atoms with E-state index in [0.29, 0.717) is 38.0 Å². The lowest BCUT2D eigenvalue weighted by molar-refractivity contribution is -0.206. The van der Waals surface area contributed by atoms with E-state index in [0.717, 1.165) is 30.5 Å². The van der Waals surface area contributed by atoms with E-state index >= 15 is 0 Å². The van der Waals surface area contributed by atoms with Crippen molar-refractivity contribution in [2.24, 2.45) is 0 Å². The summed E-state index contributed by atoms with van der Waals surface area (Å²) in [6.07, 6.45) is -2.73. The van der Waals surface area contributed by atoms with Crippen LogP contribution < -0.4 is 5.32 Å². The van der Waals surface area contributed by atoms with Crippen molar-refractivity contribution < 1.29 is 32.2 Å². The van der Waals surface area contributed by atoms with Crippen molar-refractivity contribution in [2.45, 2.75) is 83.2 Å². The van der Waals surface area contributed by atoms with E-state index in [1.54, 1.807) is 4.90 Å². The van der Waals surface area contributed by atoms with Crippen LogP contribution in [0, 0.1) is 0 Å². The molecule has 3 aliphatic rings. The number of anilines is 1. The van der Waals surface area contributed by atoms with E-state index in [1.165, 1.54) is 12.3 Å². The molecule has 1 fully saturated rings. The molecule has 0 aromatic carbocycles. The highest BCUT2D eigenvalue weighted by Gasteiger charge is 2.49. The highest BCUT2D eigenvalue weighted by atomic mass is 19.4. The third kappa shape index (κ3) is 4.97. The van der Waals surface area contributed by atoms with Crippen molar-refractivity contribution in [1.82, 2.24) is 19.7 Å². The standard InChI is InChI=1S/C25H30F3N5O4/c1-24(2,3)37-23(35)32-12-9-14(10-13-32)33-17-7-5-4-6-15(17)19(31-33)16-8-11-29-21-18(16)20(25(26,27)28)36-22(34)30-21/h8,11,14,20H,4-7,9-10,12-13H2,1-3H3,(H,29,30,34)/t20-/m1/s1. The number of alkyl halides is 3. The Hall–Kier alpha value is -3.31. The average Bonchev–Trinajstić information content (AvgIpc) is 3.21. The normalized spacial score (nSPS) is 20.5. The maximum absolute atomic E-state index is 13.9. The molecule has 2 amide bonds. The summed E-state index contributed by atoms with van der Waals surface area (Å²) >= 11 is 0. The Kier molecular flexibility index (Phi) is 6.31. The van der Waals surface area contributed by atoms with Crippen LogP contribution in [0.4, 0.5) is 28.6 Å². The van der Waals surface area contributed by atoms with Crippen LogP contribution in [-0.4, -0.2) is 56.7 Å². The number of carbonyl (C=O) groups is 2. The van der Waals surface area contributed by atoms with Crippen molar-refractivity contribution in [3.8, 4) is 11.3 Å². The van der Waals surface area contributed by atoms with Crippen molar-refractivity contribution in [1.29, 1.82) is 0 Å². The fourth-order valence-electron chi connectivity index (χ4n) is 5.33. The number of piperidine rings is 1. The summed E-state index contributed by atoms with van der Waals surface area (Å²) in [6.45, 7) is 6.49. The molecule has 5 rings (SSSR count). The number of hydrogen-bond acceptors (Lipinski definition) is 6. The quantitative estimate of drug-likeness (QED) is 0.556. The fraction of sp³-hybridized carbons (Fsp3) is 0.600. The molecule has 37 heavy (non-hydrogen) atoms. The van der Waals surface area contributed by atoms with Gasteiger partial charge in [0.2, 0.25) is 6.10 Å². The number of aromatic nitrogens is 3. The van der Waals surface area contributed by atoms with Crippen LogP contribution in [-0.2, 0) is 22.3 Å². The Balaban J connectivity index is 1.49. The Morgan fingerprint density at radius 1 is 1.16 bits per heavy atom.